The fourth-order valence-corrected chi connectivity index (χ4v) is 3.63. The Hall–Kier alpha value is -1.31. The summed E-state index contributed by atoms with van der Waals surface area (Å²) in [6.07, 6.45) is 11.7. The quantitative estimate of drug-likeness (QED) is 0.537. The van der Waals surface area contributed by atoms with Crippen LogP contribution in [0.4, 0.5) is 0 Å². The van der Waals surface area contributed by atoms with Crippen LogP contribution in [0.2, 0.25) is 0 Å². The average molecular weight is 302 g/mol. The highest BCUT2D eigenvalue weighted by Gasteiger charge is 2.40. The van der Waals surface area contributed by atoms with E-state index in [0.29, 0.717) is 24.4 Å². The van der Waals surface area contributed by atoms with Crippen molar-refractivity contribution in [1.29, 1.82) is 0 Å². The summed E-state index contributed by atoms with van der Waals surface area (Å²) in [7, 11) is 0. The number of carbonyl (C=O) groups excluding carboxylic acids is 1. The molecule has 1 saturated heterocycles. The lowest BCUT2D eigenvalue weighted by Gasteiger charge is -2.37. The number of carbonyl (C=O) groups is 1. The van der Waals surface area contributed by atoms with Gasteiger partial charge in [0.15, 0.2) is 0 Å². The van der Waals surface area contributed by atoms with Crippen molar-refractivity contribution in [3.63, 3.8) is 0 Å². The molecule has 122 valence electrons. The van der Waals surface area contributed by atoms with E-state index in [0.717, 1.165) is 32.1 Å². The monoisotopic (exact) mass is 302 g/mol. The van der Waals surface area contributed by atoms with Gasteiger partial charge in [0.25, 0.3) is 0 Å². The molecule has 3 atom stereocenters. The predicted molar refractivity (Wildman–Crippen MR) is 91.4 cm³/mol. The van der Waals surface area contributed by atoms with Gasteiger partial charge in [-0.15, -0.1) is 0 Å². The number of hydrogen-bond donors (Lipinski definition) is 0. The smallest absolute Gasteiger partial charge is 0.309 e. The molecular weight excluding hydrogens is 272 g/mol. The average Bonchev–Trinajstić information content (AvgIpc) is 2.52. The van der Waals surface area contributed by atoms with Crippen molar-refractivity contribution < 1.29 is 9.53 Å². The summed E-state index contributed by atoms with van der Waals surface area (Å²) >= 11 is 0. The van der Waals surface area contributed by atoms with Gasteiger partial charge in [-0.05, 0) is 50.9 Å². The molecule has 0 saturated carbocycles. The number of fused-ring (bicyclic) bond motifs is 1. The normalized spacial score (nSPS) is 30.4. The van der Waals surface area contributed by atoms with Gasteiger partial charge in [0.05, 0.1) is 12.5 Å². The molecule has 0 N–H and O–H groups in total. The highest BCUT2D eigenvalue weighted by Crippen LogP contribution is 2.40. The zero-order valence-corrected chi connectivity index (χ0v) is 14.3. The van der Waals surface area contributed by atoms with E-state index in [4.69, 9.17) is 4.74 Å². The van der Waals surface area contributed by atoms with Gasteiger partial charge in [0, 0.05) is 5.92 Å². The molecule has 2 nitrogen and oxygen atoms in total. The van der Waals surface area contributed by atoms with Crippen molar-refractivity contribution in [3.05, 3.63) is 36.0 Å². The standard InChI is InChI=1S/C20H30O2/c1-14(2)7-5-10-18-17-12-11-15(3)8-6-9-16(4)19(17)13-22-20(18)21/h5,7-8,14,17-19H,4,6,9-13H2,1-3H3. The highest BCUT2D eigenvalue weighted by atomic mass is 16.5. The van der Waals surface area contributed by atoms with Crippen LogP contribution in [0, 0.1) is 23.7 Å². The molecule has 0 bridgehead atoms. The number of allylic oxidation sites excluding steroid dienone is 4. The van der Waals surface area contributed by atoms with Crippen LogP contribution in [-0.4, -0.2) is 12.6 Å². The first-order chi connectivity index (χ1) is 10.5. The highest BCUT2D eigenvalue weighted by molar-refractivity contribution is 5.74. The second-order valence-electron chi connectivity index (χ2n) is 7.20. The van der Waals surface area contributed by atoms with Crippen molar-refractivity contribution in [3.8, 4) is 0 Å². The van der Waals surface area contributed by atoms with E-state index in [1.165, 1.54) is 11.1 Å². The second-order valence-corrected chi connectivity index (χ2v) is 7.20. The number of cyclic esters (lactones) is 1. The van der Waals surface area contributed by atoms with Crippen LogP contribution in [0.5, 0.6) is 0 Å². The Morgan fingerprint density at radius 2 is 2.18 bits per heavy atom. The molecule has 0 aromatic heterocycles. The van der Waals surface area contributed by atoms with Gasteiger partial charge in [0.1, 0.15) is 0 Å². The van der Waals surface area contributed by atoms with E-state index in [-0.39, 0.29) is 11.9 Å². The Morgan fingerprint density at radius 3 is 2.91 bits per heavy atom. The first-order valence-corrected chi connectivity index (χ1v) is 8.65. The van der Waals surface area contributed by atoms with Crippen molar-refractivity contribution >= 4 is 5.97 Å². The van der Waals surface area contributed by atoms with Gasteiger partial charge in [-0.1, -0.05) is 49.8 Å². The Kier molecular flexibility index (Phi) is 6.05. The van der Waals surface area contributed by atoms with Crippen molar-refractivity contribution in [2.45, 2.75) is 52.9 Å². The Morgan fingerprint density at radius 1 is 1.41 bits per heavy atom. The molecule has 0 amide bonds. The molecule has 0 aromatic carbocycles. The largest absolute Gasteiger partial charge is 0.465 e. The van der Waals surface area contributed by atoms with Crippen molar-refractivity contribution in [2.24, 2.45) is 23.7 Å². The summed E-state index contributed by atoms with van der Waals surface area (Å²) in [4.78, 5) is 12.3. The maximum Gasteiger partial charge on any atom is 0.309 e. The van der Waals surface area contributed by atoms with Gasteiger partial charge in [-0.2, -0.15) is 0 Å². The minimum Gasteiger partial charge on any atom is -0.465 e. The lowest BCUT2D eigenvalue weighted by Crippen LogP contribution is -2.40. The zero-order valence-electron chi connectivity index (χ0n) is 14.3. The van der Waals surface area contributed by atoms with E-state index in [2.05, 4.69) is 45.6 Å². The Balaban J connectivity index is 2.17. The molecule has 2 rings (SSSR count). The molecule has 1 heterocycles. The van der Waals surface area contributed by atoms with Crippen LogP contribution < -0.4 is 0 Å². The SMILES string of the molecule is C=C1CCC=C(C)CCC2C1COC(=O)C2CC=CC(C)C. The van der Waals surface area contributed by atoms with Gasteiger partial charge in [0.2, 0.25) is 0 Å². The molecule has 0 radical (unpaired) electrons. The third-order valence-electron chi connectivity index (χ3n) is 5.01. The van der Waals surface area contributed by atoms with E-state index in [9.17, 15) is 4.79 Å². The molecule has 22 heavy (non-hydrogen) atoms. The van der Waals surface area contributed by atoms with Gasteiger partial charge in [-0.25, -0.2) is 0 Å². The summed E-state index contributed by atoms with van der Waals surface area (Å²) in [5.74, 6) is 1.23. The molecule has 1 aliphatic heterocycles. The molecule has 2 heteroatoms. The van der Waals surface area contributed by atoms with Crippen molar-refractivity contribution in [2.75, 3.05) is 6.61 Å². The predicted octanol–water partition coefficient (Wildman–Crippen LogP) is 5.07. The van der Waals surface area contributed by atoms with Crippen LogP contribution in [0.1, 0.15) is 52.9 Å². The number of hydrogen-bond acceptors (Lipinski definition) is 2. The number of esters is 1. The van der Waals surface area contributed by atoms with Crippen LogP contribution in [0.25, 0.3) is 0 Å². The summed E-state index contributed by atoms with van der Waals surface area (Å²) in [5.41, 5.74) is 2.71. The molecule has 1 fully saturated rings. The Labute approximate surface area is 135 Å². The van der Waals surface area contributed by atoms with Crippen LogP contribution in [0.15, 0.2) is 36.0 Å². The van der Waals surface area contributed by atoms with Crippen LogP contribution in [-0.2, 0) is 9.53 Å². The number of rotatable bonds is 3. The molecule has 1 aliphatic carbocycles. The fraction of sp³-hybridized carbons (Fsp3) is 0.650. The Bertz CT molecular complexity index is 470. The fourth-order valence-electron chi connectivity index (χ4n) is 3.63. The van der Waals surface area contributed by atoms with Crippen LogP contribution in [0.3, 0.4) is 0 Å². The van der Waals surface area contributed by atoms with Crippen LogP contribution >= 0.6 is 0 Å². The minimum atomic E-state index is -0.0108. The lowest BCUT2D eigenvalue weighted by molar-refractivity contribution is -0.160. The lowest BCUT2D eigenvalue weighted by atomic mass is 9.72. The van der Waals surface area contributed by atoms with E-state index < -0.39 is 0 Å². The summed E-state index contributed by atoms with van der Waals surface area (Å²) in [6, 6.07) is 0. The van der Waals surface area contributed by atoms with E-state index in [1.54, 1.807) is 0 Å². The maximum atomic E-state index is 12.3. The van der Waals surface area contributed by atoms with Gasteiger partial charge >= 0.3 is 5.97 Å². The molecule has 3 unspecified atom stereocenters. The summed E-state index contributed by atoms with van der Waals surface area (Å²) < 4.78 is 5.50. The third-order valence-corrected chi connectivity index (χ3v) is 5.01. The molecule has 2 aliphatic rings. The molecule has 0 aromatic rings. The van der Waals surface area contributed by atoms with E-state index in [1.807, 2.05) is 0 Å². The maximum absolute atomic E-state index is 12.3. The van der Waals surface area contributed by atoms with Crippen molar-refractivity contribution in [1.82, 2.24) is 0 Å². The number of ether oxygens (including phenoxy) is 1. The summed E-state index contributed by atoms with van der Waals surface area (Å²) in [6.45, 7) is 11.4. The first-order valence-electron chi connectivity index (χ1n) is 8.65. The second kappa shape index (κ2) is 7.80. The zero-order chi connectivity index (χ0) is 16.1. The first kappa shape index (κ1) is 17.1. The van der Waals surface area contributed by atoms with Gasteiger partial charge in [-0.3, -0.25) is 4.79 Å². The third kappa shape index (κ3) is 4.34. The topological polar surface area (TPSA) is 26.3 Å². The summed E-state index contributed by atoms with van der Waals surface area (Å²) in [5, 5.41) is 0. The minimum absolute atomic E-state index is 0.00333. The van der Waals surface area contributed by atoms with E-state index >= 15 is 0 Å². The molecule has 0 spiro atoms. The molecular formula is C20H30O2. The van der Waals surface area contributed by atoms with Gasteiger partial charge < -0.3 is 4.74 Å².